The molecule has 6 nitrogen and oxygen atoms in total. The minimum absolute atomic E-state index is 0.148. The molecule has 0 aliphatic carbocycles. The summed E-state index contributed by atoms with van der Waals surface area (Å²) in [5.74, 6) is -0.345. The lowest BCUT2D eigenvalue weighted by atomic mass is 10.1. The molecule has 0 fully saturated rings. The minimum atomic E-state index is -0.606. The van der Waals surface area contributed by atoms with E-state index in [2.05, 4.69) is 5.32 Å². The molecular formula is C12H23NO5. The second kappa shape index (κ2) is 7.92. The van der Waals surface area contributed by atoms with Gasteiger partial charge in [-0.25, -0.2) is 4.79 Å². The Hall–Kier alpha value is -1.30. The summed E-state index contributed by atoms with van der Waals surface area (Å²) in [5, 5.41) is 11.6. The molecule has 0 spiro atoms. The van der Waals surface area contributed by atoms with E-state index in [1.807, 2.05) is 0 Å². The third-order valence-corrected chi connectivity index (χ3v) is 1.94. The van der Waals surface area contributed by atoms with Crippen LogP contribution in [0.5, 0.6) is 0 Å². The summed E-state index contributed by atoms with van der Waals surface area (Å²) in [6.45, 7) is 7.04. The zero-order valence-electron chi connectivity index (χ0n) is 11.5. The molecule has 0 rings (SSSR count). The van der Waals surface area contributed by atoms with Gasteiger partial charge in [-0.2, -0.15) is 0 Å². The SMILES string of the molecule is CCOC(=O)CC[C@@H](CO)NC(=O)OC(C)(C)C. The van der Waals surface area contributed by atoms with Gasteiger partial charge in [-0.1, -0.05) is 0 Å². The highest BCUT2D eigenvalue weighted by Crippen LogP contribution is 2.07. The highest BCUT2D eigenvalue weighted by atomic mass is 16.6. The number of carbonyl (C=O) groups is 2. The summed E-state index contributed by atoms with van der Waals surface area (Å²) in [7, 11) is 0. The van der Waals surface area contributed by atoms with Crippen molar-refractivity contribution in [1.29, 1.82) is 0 Å². The summed E-state index contributed by atoms with van der Waals surface area (Å²) >= 11 is 0. The second-order valence-corrected chi connectivity index (χ2v) is 4.87. The number of aliphatic hydroxyl groups is 1. The number of hydrogen-bond acceptors (Lipinski definition) is 5. The highest BCUT2D eigenvalue weighted by molar-refractivity contribution is 5.70. The number of amides is 1. The summed E-state index contributed by atoms with van der Waals surface area (Å²) in [4.78, 5) is 22.6. The Morgan fingerprint density at radius 3 is 2.39 bits per heavy atom. The monoisotopic (exact) mass is 261 g/mol. The Balaban J connectivity index is 4.03. The van der Waals surface area contributed by atoms with Gasteiger partial charge in [-0.3, -0.25) is 4.79 Å². The molecule has 0 aromatic carbocycles. The molecule has 0 saturated carbocycles. The van der Waals surface area contributed by atoms with Crippen molar-refractivity contribution in [3.63, 3.8) is 0 Å². The van der Waals surface area contributed by atoms with Crippen LogP contribution in [-0.2, 0) is 14.3 Å². The van der Waals surface area contributed by atoms with Gasteiger partial charge in [0.2, 0.25) is 0 Å². The van der Waals surface area contributed by atoms with Gasteiger partial charge in [0.25, 0.3) is 0 Å². The fraction of sp³-hybridized carbons (Fsp3) is 0.833. The van der Waals surface area contributed by atoms with E-state index in [1.165, 1.54) is 0 Å². The standard InChI is InChI=1S/C12H23NO5/c1-5-17-10(15)7-6-9(8-14)13-11(16)18-12(2,3)4/h9,14H,5-8H2,1-4H3,(H,13,16)/t9-/m0/s1. The number of aliphatic hydroxyl groups excluding tert-OH is 1. The summed E-state index contributed by atoms with van der Waals surface area (Å²) < 4.78 is 9.80. The maximum atomic E-state index is 11.4. The third-order valence-electron chi connectivity index (χ3n) is 1.94. The van der Waals surface area contributed by atoms with E-state index in [4.69, 9.17) is 14.6 Å². The van der Waals surface area contributed by atoms with E-state index in [-0.39, 0.29) is 19.0 Å². The van der Waals surface area contributed by atoms with Crippen molar-refractivity contribution < 1.29 is 24.2 Å². The fourth-order valence-electron chi connectivity index (χ4n) is 1.21. The van der Waals surface area contributed by atoms with Crippen LogP contribution in [0.4, 0.5) is 4.79 Å². The van der Waals surface area contributed by atoms with Gasteiger partial charge in [0.15, 0.2) is 0 Å². The van der Waals surface area contributed by atoms with Crippen molar-refractivity contribution in [3.05, 3.63) is 0 Å². The molecule has 0 unspecified atom stereocenters. The van der Waals surface area contributed by atoms with E-state index >= 15 is 0 Å². The van der Waals surface area contributed by atoms with Gasteiger partial charge >= 0.3 is 12.1 Å². The average molecular weight is 261 g/mol. The third kappa shape index (κ3) is 8.81. The molecule has 0 bridgehead atoms. The lowest BCUT2D eigenvalue weighted by Crippen LogP contribution is -2.41. The minimum Gasteiger partial charge on any atom is -0.466 e. The Morgan fingerprint density at radius 1 is 1.33 bits per heavy atom. The van der Waals surface area contributed by atoms with Crippen molar-refractivity contribution >= 4 is 12.1 Å². The molecule has 2 N–H and O–H groups in total. The Kier molecular flexibility index (Phi) is 7.35. The van der Waals surface area contributed by atoms with Gasteiger partial charge in [-0.15, -0.1) is 0 Å². The van der Waals surface area contributed by atoms with E-state index in [0.29, 0.717) is 13.0 Å². The zero-order chi connectivity index (χ0) is 14.2. The van der Waals surface area contributed by atoms with Gasteiger partial charge < -0.3 is 19.9 Å². The van der Waals surface area contributed by atoms with Crippen molar-refractivity contribution in [1.82, 2.24) is 5.32 Å². The van der Waals surface area contributed by atoms with Gasteiger partial charge in [-0.05, 0) is 34.1 Å². The first kappa shape index (κ1) is 16.7. The molecule has 1 atom stereocenters. The van der Waals surface area contributed by atoms with E-state index < -0.39 is 17.7 Å². The number of hydrogen-bond donors (Lipinski definition) is 2. The molecule has 0 aliphatic heterocycles. The van der Waals surface area contributed by atoms with Crippen LogP contribution in [0.2, 0.25) is 0 Å². The average Bonchev–Trinajstić information content (AvgIpc) is 2.22. The Morgan fingerprint density at radius 2 is 1.94 bits per heavy atom. The van der Waals surface area contributed by atoms with Crippen LogP contribution >= 0.6 is 0 Å². The first-order valence-electron chi connectivity index (χ1n) is 6.04. The van der Waals surface area contributed by atoms with Crippen molar-refractivity contribution in [2.75, 3.05) is 13.2 Å². The maximum Gasteiger partial charge on any atom is 0.407 e. The molecule has 0 radical (unpaired) electrons. The van der Waals surface area contributed by atoms with Crippen LogP contribution < -0.4 is 5.32 Å². The van der Waals surface area contributed by atoms with Crippen LogP contribution in [0.3, 0.4) is 0 Å². The van der Waals surface area contributed by atoms with E-state index in [0.717, 1.165) is 0 Å². The largest absolute Gasteiger partial charge is 0.466 e. The number of rotatable bonds is 6. The van der Waals surface area contributed by atoms with Crippen molar-refractivity contribution in [2.45, 2.75) is 52.2 Å². The molecule has 0 aromatic rings. The molecule has 106 valence electrons. The van der Waals surface area contributed by atoms with E-state index in [1.54, 1.807) is 27.7 Å². The number of nitrogens with one attached hydrogen (secondary N) is 1. The Bertz CT molecular complexity index is 272. The highest BCUT2D eigenvalue weighted by Gasteiger charge is 2.19. The summed E-state index contributed by atoms with van der Waals surface area (Å²) in [6.07, 6.45) is -0.144. The molecule has 0 aromatic heterocycles. The van der Waals surface area contributed by atoms with Gasteiger partial charge in [0.05, 0.1) is 19.3 Å². The van der Waals surface area contributed by atoms with Crippen LogP contribution in [0, 0.1) is 0 Å². The topological polar surface area (TPSA) is 84.9 Å². The number of esters is 1. The molecule has 0 saturated heterocycles. The second-order valence-electron chi connectivity index (χ2n) is 4.87. The lowest BCUT2D eigenvalue weighted by Gasteiger charge is -2.22. The van der Waals surface area contributed by atoms with Crippen molar-refractivity contribution in [2.24, 2.45) is 0 Å². The first-order chi connectivity index (χ1) is 8.28. The van der Waals surface area contributed by atoms with E-state index in [9.17, 15) is 9.59 Å². The molecule has 18 heavy (non-hydrogen) atoms. The van der Waals surface area contributed by atoms with Crippen LogP contribution in [0.15, 0.2) is 0 Å². The zero-order valence-corrected chi connectivity index (χ0v) is 11.5. The molecule has 1 amide bonds. The first-order valence-corrected chi connectivity index (χ1v) is 6.04. The molecule has 6 heteroatoms. The molecule has 0 aliphatic rings. The smallest absolute Gasteiger partial charge is 0.407 e. The number of ether oxygens (including phenoxy) is 2. The van der Waals surface area contributed by atoms with Crippen LogP contribution in [-0.4, -0.2) is 42.0 Å². The summed E-state index contributed by atoms with van der Waals surface area (Å²) in [6, 6.07) is -0.510. The maximum absolute atomic E-state index is 11.4. The van der Waals surface area contributed by atoms with Crippen LogP contribution in [0.25, 0.3) is 0 Å². The van der Waals surface area contributed by atoms with Crippen molar-refractivity contribution in [3.8, 4) is 0 Å². The molecular weight excluding hydrogens is 238 g/mol. The number of alkyl carbamates (subject to hydrolysis) is 1. The lowest BCUT2D eigenvalue weighted by molar-refractivity contribution is -0.143. The number of carbonyl (C=O) groups excluding carboxylic acids is 2. The molecule has 0 heterocycles. The van der Waals surface area contributed by atoms with Crippen LogP contribution in [0.1, 0.15) is 40.5 Å². The normalized spacial score (nSPS) is 12.7. The predicted octanol–water partition coefficient (Wildman–Crippen LogP) is 1.22. The summed E-state index contributed by atoms with van der Waals surface area (Å²) in [5.41, 5.74) is -0.592. The Labute approximate surface area is 108 Å². The fourth-order valence-corrected chi connectivity index (χ4v) is 1.21. The van der Waals surface area contributed by atoms with Gasteiger partial charge in [0.1, 0.15) is 5.60 Å². The van der Waals surface area contributed by atoms with Gasteiger partial charge in [0, 0.05) is 6.42 Å². The quantitative estimate of drug-likeness (QED) is 0.702. The predicted molar refractivity (Wildman–Crippen MR) is 66.1 cm³/mol.